The fraction of sp³-hybridized carbons (Fsp3) is 0.917. The second kappa shape index (κ2) is 7.63. The summed E-state index contributed by atoms with van der Waals surface area (Å²) in [6, 6.07) is 0. The molecule has 1 rings (SSSR count). The summed E-state index contributed by atoms with van der Waals surface area (Å²) in [7, 11) is 0. The van der Waals surface area contributed by atoms with E-state index in [4.69, 9.17) is 9.84 Å². The van der Waals surface area contributed by atoms with E-state index in [0.717, 1.165) is 32.4 Å². The fourth-order valence-corrected chi connectivity index (χ4v) is 2.00. The highest BCUT2D eigenvalue weighted by molar-refractivity contribution is 5.76. The lowest BCUT2D eigenvalue weighted by atomic mass is 9.99. The van der Waals surface area contributed by atoms with E-state index in [1.54, 1.807) is 0 Å². The third-order valence-corrected chi connectivity index (χ3v) is 2.94. The highest BCUT2D eigenvalue weighted by Crippen LogP contribution is 2.16. The molecule has 1 aliphatic rings. The first kappa shape index (κ1) is 13.5. The van der Waals surface area contributed by atoms with E-state index in [9.17, 15) is 4.79 Å². The molecule has 0 radical (unpaired) electrons. The quantitative estimate of drug-likeness (QED) is 0.692. The number of aliphatic hydroxyl groups is 1. The van der Waals surface area contributed by atoms with E-state index < -0.39 is 0 Å². The van der Waals surface area contributed by atoms with Crippen LogP contribution in [-0.4, -0.2) is 48.8 Å². The summed E-state index contributed by atoms with van der Waals surface area (Å²) >= 11 is 0. The van der Waals surface area contributed by atoms with Crippen molar-refractivity contribution in [1.82, 2.24) is 4.90 Å². The fourth-order valence-electron chi connectivity index (χ4n) is 2.00. The Kier molecular flexibility index (Phi) is 6.42. The van der Waals surface area contributed by atoms with Crippen molar-refractivity contribution in [2.45, 2.75) is 32.6 Å². The standard InChI is InChI=1S/C12H23NO3/c1-2-7-16-8-5-12(15)13-6-3-4-11(9-13)10-14/h11,14H,2-10H2,1H3. The van der Waals surface area contributed by atoms with Gasteiger partial charge in [0.05, 0.1) is 13.0 Å². The lowest BCUT2D eigenvalue weighted by molar-refractivity contribution is -0.134. The largest absolute Gasteiger partial charge is 0.396 e. The van der Waals surface area contributed by atoms with Crippen LogP contribution >= 0.6 is 0 Å². The molecule has 16 heavy (non-hydrogen) atoms. The van der Waals surface area contributed by atoms with E-state index in [-0.39, 0.29) is 18.4 Å². The number of carbonyl (C=O) groups is 1. The monoisotopic (exact) mass is 229 g/mol. The van der Waals surface area contributed by atoms with Crippen LogP contribution in [-0.2, 0) is 9.53 Å². The molecule has 0 saturated carbocycles. The normalized spacial score (nSPS) is 21.1. The SMILES string of the molecule is CCCOCCC(=O)N1CCCC(CO)C1. The van der Waals surface area contributed by atoms with Crippen LogP contribution in [0.1, 0.15) is 32.6 Å². The molecule has 0 bridgehead atoms. The molecule has 1 aliphatic heterocycles. The van der Waals surface area contributed by atoms with Gasteiger partial charge in [-0.25, -0.2) is 0 Å². The molecule has 1 heterocycles. The molecule has 1 unspecified atom stereocenters. The van der Waals surface area contributed by atoms with Gasteiger partial charge in [0.1, 0.15) is 0 Å². The van der Waals surface area contributed by atoms with Crippen LogP contribution in [0.25, 0.3) is 0 Å². The summed E-state index contributed by atoms with van der Waals surface area (Å²) in [5.74, 6) is 0.434. The first-order valence-electron chi connectivity index (χ1n) is 6.24. The van der Waals surface area contributed by atoms with Gasteiger partial charge in [-0.05, 0) is 25.2 Å². The first-order valence-corrected chi connectivity index (χ1v) is 6.24. The van der Waals surface area contributed by atoms with Gasteiger partial charge in [-0.2, -0.15) is 0 Å². The molecule has 0 spiro atoms. The number of amides is 1. The van der Waals surface area contributed by atoms with Crippen LogP contribution in [0.3, 0.4) is 0 Å². The summed E-state index contributed by atoms with van der Waals surface area (Å²) in [5, 5.41) is 9.07. The topological polar surface area (TPSA) is 49.8 Å². The van der Waals surface area contributed by atoms with Crippen LogP contribution in [0, 0.1) is 5.92 Å². The number of carbonyl (C=O) groups excluding carboxylic acids is 1. The summed E-state index contributed by atoms with van der Waals surface area (Å²) in [6.07, 6.45) is 3.50. The third-order valence-electron chi connectivity index (χ3n) is 2.94. The maximum absolute atomic E-state index is 11.8. The molecule has 1 amide bonds. The van der Waals surface area contributed by atoms with Gasteiger partial charge in [0.2, 0.25) is 5.91 Å². The van der Waals surface area contributed by atoms with Gasteiger partial charge >= 0.3 is 0 Å². The van der Waals surface area contributed by atoms with Crippen molar-refractivity contribution >= 4 is 5.91 Å². The maximum Gasteiger partial charge on any atom is 0.224 e. The zero-order chi connectivity index (χ0) is 11.8. The molecule has 4 heteroatoms. The van der Waals surface area contributed by atoms with Crippen LogP contribution in [0.4, 0.5) is 0 Å². The molecular weight excluding hydrogens is 206 g/mol. The summed E-state index contributed by atoms with van der Waals surface area (Å²) in [5.41, 5.74) is 0. The molecule has 0 aromatic rings. The molecular formula is C12H23NO3. The molecule has 94 valence electrons. The van der Waals surface area contributed by atoms with E-state index in [1.165, 1.54) is 0 Å². The number of hydrogen-bond donors (Lipinski definition) is 1. The van der Waals surface area contributed by atoms with E-state index >= 15 is 0 Å². The van der Waals surface area contributed by atoms with Crippen molar-refractivity contribution in [1.29, 1.82) is 0 Å². The minimum Gasteiger partial charge on any atom is -0.396 e. The van der Waals surface area contributed by atoms with Gasteiger partial charge in [-0.1, -0.05) is 6.92 Å². The second-order valence-corrected chi connectivity index (χ2v) is 4.39. The lowest BCUT2D eigenvalue weighted by Gasteiger charge is -2.31. The van der Waals surface area contributed by atoms with Crippen molar-refractivity contribution in [3.63, 3.8) is 0 Å². The van der Waals surface area contributed by atoms with Crippen molar-refractivity contribution in [3.05, 3.63) is 0 Å². The second-order valence-electron chi connectivity index (χ2n) is 4.39. The van der Waals surface area contributed by atoms with E-state index in [1.807, 2.05) is 4.90 Å². The Morgan fingerprint density at radius 1 is 1.50 bits per heavy atom. The van der Waals surface area contributed by atoms with Gasteiger partial charge in [-0.3, -0.25) is 4.79 Å². The summed E-state index contributed by atoms with van der Waals surface area (Å²) in [4.78, 5) is 13.6. The zero-order valence-electron chi connectivity index (χ0n) is 10.2. The Balaban J connectivity index is 2.19. The first-order chi connectivity index (χ1) is 7.77. The number of nitrogens with zero attached hydrogens (tertiary/aromatic N) is 1. The minimum atomic E-state index is 0.161. The number of hydrogen-bond acceptors (Lipinski definition) is 3. The van der Waals surface area contributed by atoms with E-state index in [2.05, 4.69) is 6.92 Å². The maximum atomic E-state index is 11.8. The molecule has 1 N–H and O–H groups in total. The Labute approximate surface area is 97.6 Å². The van der Waals surface area contributed by atoms with Gasteiger partial charge in [0, 0.05) is 26.3 Å². The van der Waals surface area contributed by atoms with Crippen molar-refractivity contribution in [2.75, 3.05) is 32.9 Å². The number of rotatable bonds is 6. The Morgan fingerprint density at radius 2 is 2.31 bits per heavy atom. The van der Waals surface area contributed by atoms with Crippen molar-refractivity contribution < 1.29 is 14.6 Å². The number of aliphatic hydroxyl groups excluding tert-OH is 1. The van der Waals surface area contributed by atoms with Gasteiger partial charge < -0.3 is 14.7 Å². The summed E-state index contributed by atoms with van der Waals surface area (Å²) in [6.45, 7) is 5.04. The van der Waals surface area contributed by atoms with Crippen molar-refractivity contribution in [2.24, 2.45) is 5.92 Å². The van der Waals surface area contributed by atoms with Gasteiger partial charge in [-0.15, -0.1) is 0 Å². The Bertz CT molecular complexity index is 208. The van der Waals surface area contributed by atoms with Crippen LogP contribution < -0.4 is 0 Å². The molecule has 1 fully saturated rings. The zero-order valence-corrected chi connectivity index (χ0v) is 10.2. The summed E-state index contributed by atoms with van der Waals surface area (Å²) < 4.78 is 5.30. The van der Waals surface area contributed by atoms with Crippen molar-refractivity contribution in [3.8, 4) is 0 Å². The number of piperidine rings is 1. The van der Waals surface area contributed by atoms with Crippen LogP contribution in [0.2, 0.25) is 0 Å². The van der Waals surface area contributed by atoms with Gasteiger partial charge in [0.15, 0.2) is 0 Å². The average Bonchev–Trinajstić information content (AvgIpc) is 2.34. The molecule has 1 atom stereocenters. The molecule has 0 aliphatic carbocycles. The Morgan fingerprint density at radius 3 is 3.00 bits per heavy atom. The molecule has 4 nitrogen and oxygen atoms in total. The third kappa shape index (κ3) is 4.49. The van der Waals surface area contributed by atoms with Gasteiger partial charge in [0.25, 0.3) is 0 Å². The van der Waals surface area contributed by atoms with Crippen LogP contribution in [0.15, 0.2) is 0 Å². The number of ether oxygens (including phenoxy) is 1. The smallest absolute Gasteiger partial charge is 0.224 e. The van der Waals surface area contributed by atoms with Crippen LogP contribution in [0.5, 0.6) is 0 Å². The molecule has 0 aromatic carbocycles. The molecule has 1 saturated heterocycles. The highest BCUT2D eigenvalue weighted by atomic mass is 16.5. The average molecular weight is 229 g/mol. The minimum absolute atomic E-state index is 0.161. The van der Waals surface area contributed by atoms with E-state index in [0.29, 0.717) is 19.6 Å². The number of likely N-dealkylation sites (tertiary alicyclic amines) is 1. The lowest BCUT2D eigenvalue weighted by Crippen LogP contribution is -2.41. The predicted octanol–water partition coefficient (Wildman–Crippen LogP) is 1.03. The predicted molar refractivity (Wildman–Crippen MR) is 62.1 cm³/mol. The molecule has 0 aromatic heterocycles. The highest BCUT2D eigenvalue weighted by Gasteiger charge is 2.22. The Hall–Kier alpha value is -0.610.